The number of ether oxygens (including phenoxy) is 1. The van der Waals surface area contributed by atoms with Crippen molar-refractivity contribution in [2.24, 2.45) is 0 Å². The van der Waals surface area contributed by atoms with Gasteiger partial charge in [-0.2, -0.15) is 0 Å². The molecule has 24 heavy (non-hydrogen) atoms. The fourth-order valence-corrected chi connectivity index (χ4v) is 2.26. The van der Waals surface area contributed by atoms with Gasteiger partial charge in [-0.25, -0.2) is 8.78 Å². The molecule has 3 nitrogen and oxygen atoms in total. The molecule has 0 saturated heterocycles. The number of carbonyl (C=O) groups excluding carboxylic acids is 1. The Labute approximate surface area is 144 Å². The molecule has 0 unspecified atom stereocenters. The maximum atomic E-state index is 13.1. The molecular weight excluding hydrogens is 336 g/mol. The number of hydrogen-bond acceptors (Lipinski definition) is 2. The molecule has 0 aliphatic rings. The fraction of sp³-hybridized carbons (Fsp3) is 0.278. The van der Waals surface area contributed by atoms with Crippen molar-refractivity contribution in [1.29, 1.82) is 0 Å². The van der Waals surface area contributed by atoms with Crippen molar-refractivity contribution in [2.75, 3.05) is 6.54 Å². The van der Waals surface area contributed by atoms with Crippen LogP contribution < -0.4 is 10.1 Å². The van der Waals surface area contributed by atoms with Gasteiger partial charge in [0.1, 0.15) is 17.4 Å². The summed E-state index contributed by atoms with van der Waals surface area (Å²) in [5, 5.41) is 3.28. The van der Waals surface area contributed by atoms with Crippen LogP contribution in [0, 0.1) is 11.6 Å². The Morgan fingerprint density at radius 3 is 2.29 bits per heavy atom. The summed E-state index contributed by atoms with van der Waals surface area (Å²) in [6, 6.07) is 9.98. The van der Waals surface area contributed by atoms with Gasteiger partial charge in [0.2, 0.25) is 0 Å². The van der Waals surface area contributed by atoms with E-state index in [1.165, 1.54) is 12.1 Å². The minimum atomic E-state index is -1.10. The third-order valence-electron chi connectivity index (χ3n) is 3.36. The molecule has 0 spiro atoms. The van der Waals surface area contributed by atoms with Crippen LogP contribution in [0.5, 0.6) is 5.75 Å². The molecule has 0 saturated carbocycles. The second-order valence-electron chi connectivity index (χ2n) is 5.85. The van der Waals surface area contributed by atoms with Crippen LogP contribution in [-0.4, -0.2) is 18.1 Å². The van der Waals surface area contributed by atoms with Gasteiger partial charge in [-0.3, -0.25) is 4.79 Å². The lowest BCUT2D eigenvalue weighted by atomic mass is 10.1. The van der Waals surface area contributed by atoms with Crippen LogP contribution in [0.4, 0.5) is 8.78 Å². The number of hydrogen-bond donors (Lipinski definition) is 1. The molecule has 0 bridgehead atoms. The van der Waals surface area contributed by atoms with Crippen LogP contribution in [0.3, 0.4) is 0 Å². The smallest absolute Gasteiger partial charge is 0.263 e. The molecule has 2 aromatic rings. The molecule has 0 aromatic heterocycles. The minimum Gasteiger partial charge on any atom is -0.478 e. The average molecular weight is 354 g/mol. The molecule has 0 fully saturated rings. The van der Waals surface area contributed by atoms with Gasteiger partial charge >= 0.3 is 0 Å². The highest BCUT2D eigenvalue weighted by Gasteiger charge is 2.29. The molecule has 2 aromatic carbocycles. The first-order valence-electron chi connectivity index (χ1n) is 7.44. The lowest BCUT2D eigenvalue weighted by molar-refractivity contribution is -0.134. The summed E-state index contributed by atoms with van der Waals surface area (Å²) >= 11 is 5.81. The highest BCUT2D eigenvalue weighted by atomic mass is 35.5. The van der Waals surface area contributed by atoms with E-state index in [-0.39, 0.29) is 12.5 Å². The molecule has 1 amide bonds. The van der Waals surface area contributed by atoms with Crippen molar-refractivity contribution in [3.05, 3.63) is 64.7 Å². The predicted molar refractivity (Wildman–Crippen MR) is 89.2 cm³/mol. The quantitative estimate of drug-likeness (QED) is 0.847. The zero-order chi connectivity index (χ0) is 17.7. The van der Waals surface area contributed by atoms with Gasteiger partial charge in [0.15, 0.2) is 5.60 Å². The second-order valence-corrected chi connectivity index (χ2v) is 6.29. The highest BCUT2D eigenvalue weighted by molar-refractivity contribution is 6.30. The lowest BCUT2D eigenvalue weighted by Crippen LogP contribution is -2.47. The van der Waals surface area contributed by atoms with Crippen LogP contribution in [0.15, 0.2) is 42.5 Å². The fourth-order valence-electron chi connectivity index (χ4n) is 2.13. The third-order valence-corrected chi connectivity index (χ3v) is 3.61. The number of carbonyl (C=O) groups is 1. The molecule has 6 heteroatoms. The summed E-state index contributed by atoms with van der Waals surface area (Å²) < 4.78 is 31.9. The Balaban J connectivity index is 1.89. The first-order valence-corrected chi connectivity index (χ1v) is 7.82. The Morgan fingerprint density at radius 2 is 1.71 bits per heavy atom. The Morgan fingerprint density at radius 1 is 1.12 bits per heavy atom. The van der Waals surface area contributed by atoms with Crippen molar-refractivity contribution in [3.8, 4) is 5.75 Å². The summed E-state index contributed by atoms with van der Waals surface area (Å²) in [7, 11) is 0. The molecule has 0 aliphatic heterocycles. The number of halogens is 3. The minimum absolute atomic E-state index is 0.245. The third kappa shape index (κ3) is 5.20. The van der Waals surface area contributed by atoms with Gasteiger partial charge in [0.25, 0.3) is 5.91 Å². The summed E-state index contributed by atoms with van der Waals surface area (Å²) in [6.07, 6.45) is 0.317. The van der Waals surface area contributed by atoms with Crippen LogP contribution in [-0.2, 0) is 11.2 Å². The Hall–Kier alpha value is -2.14. The molecule has 0 aliphatic carbocycles. The maximum absolute atomic E-state index is 13.1. The molecule has 1 N–H and O–H groups in total. The lowest BCUT2D eigenvalue weighted by Gasteiger charge is -2.25. The molecule has 0 heterocycles. The second kappa shape index (κ2) is 7.62. The van der Waals surface area contributed by atoms with Crippen LogP contribution in [0.2, 0.25) is 5.02 Å². The van der Waals surface area contributed by atoms with Crippen LogP contribution in [0.25, 0.3) is 0 Å². The van der Waals surface area contributed by atoms with E-state index < -0.39 is 17.2 Å². The summed E-state index contributed by atoms with van der Waals surface area (Å²) in [6.45, 7) is 3.52. The zero-order valence-electron chi connectivity index (χ0n) is 13.4. The van der Waals surface area contributed by atoms with E-state index in [0.29, 0.717) is 22.8 Å². The van der Waals surface area contributed by atoms with Gasteiger partial charge in [-0.05, 0) is 62.2 Å². The monoisotopic (exact) mass is 353 g/mol. The van der Waals surface area contributed by atoms with Crippen molar-refractivity contribution in [2.45, 2.75) is 25.9 Å². The highest BCUT2D eigenvalue weighted by Crippen LogP contribution is 2.21. The summed E-state index contributed by atoms with van der Waals surface area (Å²) in [4.78, 5) is 12.2. The Bertz CT molecular complexity index is 697. The van der Waals surface area contributed by atoms with E-state index in [1.54, 1.807) is 38.1 Å². The van der Waals surface area contributed by atoms with Crippen molar-refractivity contribution in [1.82, 2.24) is 5.32 Å². The molecule has 2 rings (SSSR count). The Kier molecular flexibility index (Phi) is 5.78. The van der Waals surface area contributed by atoms with Gasteiger partial charge in [-0.1, -0.05) is 11.6 Å². The summed E-state index contributed by atoms with van der Waals surface area (Å²) in [5.41, 5.74) is -0.620. The van der Waals surface area contributed by atoms with Gasteiger partial charge < -0.3 is 10.1 Å². The van der Waals surface area contributed by atoms with E-state index in [9.17, 15) is 13.6 Å². The van der Waals surface area contributed by atoms with Crippen LogP contribution >= 0.6 is 11.6 Å². The van der Waals surface area contributed by atoms with E-state index in [0.717, 1.165) is 6.07 Å². The SMILES string of the molecule is CC(C)(Oc1ccc(Cl)cc1)C(=O)NCCc1cc(F)cc(F)c1. The molecule has 0 radical (unpaired) electrons. The zero-order valence-corrected chi connectivity index (χ0v) is 14.2. The standard InChI is InChI=1S/C18H18ClF2NO2/c1-18(2,24-16-5-3-13(19)4-6-16)17(23)22-8-7-12-9-14(20)11-15(21)10-12/h3-6,9-11H,7-8H2,1-2H3,(H,22,23). The first kappa shape index (κ1) is 18.2. The first-order chi connectivity index (χ1) is 11.3. The number of rotatable bonds is 6. The molecule has 0 atom stereocenters. The molecule has 128 valence electrons. The van der Waals surface area contributed by atoms with E-state index >= 15 is 0 Å². The topological polar surface area (TPSA) is 38.3 Å². The molecular formula is C18H18ClF2NO2. The van der Waals surface area contributed by atoms with Gasteiger partial charge in [-0.15, -0.1) is 0 Å². The van der Waals surface area contributed by atoms with Gasteiger partial charge in [0.05, 0.1) is 0 Å². The average Bonchev–Trinajstić information content (AvgIpc) is 2.48. The summed E-state index contributed by atoms with van der Waals surface area (Å²) in [5.74, 6) is -1.08. The van der Waals surface area contributed by atoms with Crippen molar-refractivity contribution < 1.29 is 18.3 Å². The van der Waals surface area contributed by atoms with E-state index in [4.69, 9.17) is 16.3 Å². The normalized spacial score (nSPS) is 11.2. The van der Waals surface area contributed by atoms with Gasteiger partial charge in [0, 0.05) is 17.6 Å². The van der Waals surface area contributed by atoms with E-state index in [1.807, 2.05) is 0 Å². The van der Waals surface area contributed by atoms with Crippen molar-refractivity contribution >= 4 is 17.5 Å². The number of benzene rings is 2. The predicted octanol–water partition coefficient (Wildman–Crippen LogP) is 4.13. The van der Waals surface area contributed by atoms with E-state index in [2.05, 4.69) is 5.32 Å². The largest absolute Gasteiger partial charge is 0.478 e. The number of amides is 1. The maximum Gasteiger partial charge on any atom is 0.263 e. The van der Waals surface area contributed by atoms with Crippen molar-refractivity contribution in [3.63, 3.8) is 0 Å². The van der Waals surface area contributed by atoms with Crippen LogP contribution in [0.1, 0.15) is 19.4 Å². The number of nitrogens with one attached hydrogen (secondary N) is 1.